The minimum atomic E-state index is -0.522. The summed E-state index contributed by atoms with van der Waals surface area (Å²) in [6, 6.07) is 11.6. The largest absolute Gasteiger partial charge is 0.493 e. The molecule has 0 amide bonds. The predicted octanol–water partition coefficient (Wildman–Crippen LogP) is 4.32. The van der Waals surface area contributed by atoms with E-state index < -0.39 is 11.9 Å². The van der Waals surface area contributed by atoms with Gasteiger partial charge in [0, 0.05) is 5.56 Å². The van der Waals surface area contributed by atoms with Crippen LogP contribution in [-0.2, 0) is 0 Å². The second-order valence-corrected chi connectivity index (χ2v) is 4.88. The van der Waals surface area contributed by atoms with Crippen molar-refractivity contribution in [2.45, 2.75) is 19.4 Å². The van der Waals surface area contributed by atoms with Crippen molar-refractivity contribution in [3.8, 4) is 5.75 Å². The van der Waals surface area contributed by atoms with Crippen LogP contribution in [0.4, 0.5) is 4.39 Å². The third-order valence-electron chi connectivity index (χ3n) is 3.03. The van der Waals surface area contributed by atoms with Gasteiger partial charge >= 0.3 is 0 Å². The van der Waals surface area contributed by atoms with Crippen LogP contribution in [0.3, 0.4) is 0 Å². The summed E-state index contributed by atoms with van der Waals surface area (Å²) in [7, 11) is 0. The fraction of sp³-hybridized carbons (Fsp3) is 0.250. The van der Waals surface area contributed by atoms with Crippen LogP contribution in [-0.4, -0.2) is 6.61 Å². The molecular formula is C16H17ClFNO. The minimum absolute atomic E-state index is 0.0605. The molecule has 0 fully saturated rings. The lowest BCUT2D eigenvalue weighted by molar-refractivity contribution is 0.313. The van der Waals surface area contributed by atoms with Gasteiger partial charge in [-0.05, 0) is 24.1 Å². The lowest BCUT2D eigenvalue weighted by Gasteiger charge is -2.18. The molecular weight excluding hydrogens is 277 g/mol. The van der Waals surface area contributed by atoms with Gasteiger partial charge in [-0.2, -0.15) is 0 Å². The van der Waals surface area contributed by atoms with Gasteiger partial charge in [0.25, 0.3) is 0 Å². The van der Waals surface area contributed by atoms with E-state index in [-0.39, 0.29) is 5.02 Å². The van der Waals surface area contributed by atoms with Gasteiger partial charge in [-0.25, -0.2) is 4.39 Å². The predicted molar refractivity (Wildman–Crippen MR) is 79.7 cm³/mol. The maximum atomic E-state index is 13.5. The first-order valence-corrected chi connectivity index (χ1v) is 6.94. The van der Waals surface area contributed by atoms with E-state index in [1.807, 2.05) is 31.2 Å². The van der Waals surface area contributed by atoms with Crippen LogP contribution in [0.2, 0.25) is 5.02 Å². The van der Waals surface area contributed by atoms with Gasteiger partial charge in [-0.15, -0.1) is 0 Å². The van der Waals surface area contributed by atoms with Gasteiger partial charge in [0.15, 0.2) is 0 Å². The summed E-state index contributed by atoms with van der Waals surface area (Å²) < 4.78 is 19.2. The normalized spacial score (nSPS) is 12.2. The van der Waals surface area contributed by atoms with Crippen molar-refractivity contribution >= 4 is 11.6 Å². The topological polar surface area (TPSA) is 35.2 Å². The summed E-state index contributed by atoms with van der Waals surface area (Å²) in [4.78, 5) is 0. The average Bonchev–Trinajstić information content (AvgIpc) is 2.47. The Labute approximate surface area is 123 Å². The van der Waals surface area contributed by atoms with Gasteiger partial charge in [0.1, 0.15) is 11.6 Å². The van der Waals surface area contributed by atoms with Gasteiger partial charge in [0.05, 0.1) is 17.7 Å². The smallest absolute Gasteiger partial charge is 0.142 e. The Bertz CT molecular complexity index is 588. The number of para-hydroxylation sites is 1. The molecule has 0 heterocycles. The number of ether oxygens (including phenoxy) is 1. The lowest BCUT2D eigenvalue weighted by atomic mass is 9.98. The van der Waals surface area contributed by atoms with Gasteiger partial charge in [0.2, 0.25) is 0 Å². The Hall–Kier alpha value is -1.58. The molecule has 1 unspecified atom stereocenters. The van der Waals surface area contributed by atoms with Crippen LogP contribution in [0.5, 0.6) is 5.75 Å². The van der Waals surface area contributed by atoms with Crippen LogP contribution in [0.15, 0.2) is 42.5 Å². The SMILES string of the molecule is CCCOc1ccccc1C(N)c1cccc(F)c1Cl. The summed E-state index contributed by atoms with van der Waals surface area (Å²) >= 11 is 6.00. The van der Waals surface area contributed by atoms with E-state index in [1.54, 1.807) is 12.1 Å². The van der Waals surface area contributed by atoms with Crippen LogP contribution in [0.25, 0.3) is 0 Å². The molecule has 2 nitrogen and oxygen atoms in total. The summed E-state index contributed by atoms with van der Waals surface area (Å²) in [6.45, 7) is 2.65. The van der Waals surface area contributed by atoms with Crippen molar-refractivity contribution in [1.82, 2.24) is 0 Å². The third-order valence-corrected chi connectivity index (χ3v) is 3.43. The quantitative estimate of drug-likeness (QED) is 0.891. The molecule has 0 radical (unpaired) electrons. The van der Waals surface area contributed by atoms with E-state index in [1.165, 1.54) is 6.07 Å². The second kappa shape index (κ2) is 6.73. The fourth-order valence-corrected chi connectivity index (χ4v) is 2.25. The van der Waals surface area contributed by atoms with E-state index in [9.17, 15) is 4.39 Å². The van der Waals surface area contributed by atoms with E-state index in [2.05, 4.69) is 0 Å². The molecule has 0 spiro atoms. The molecule has 2 aromatic rings. The standard InChI is InChI=1S/C16H17ClFNO/c1-2-10-20-14-9-4-3-6-11(14)16(19)12-7-5-8-13(18)15(12)17/h3-9,16H,2,10,19H2,1H3. The highest BCUT2D eigenvalue weighted by Gasteiger charge is 2.18. The van der Waals surface area contributed by atoms with Gasteiger partial charge < -0.3 is 10.5 Å². The Kier molecular flexibility index (Phi) is 4.99. The zero-order valence-electron chi connectivity index (χ0n) is 11.3. The van der Waals surface area contributed by atoms with Crippen molar-refractivity contribution in [3.63, 3.8) is 0 Å². The van der Waals surface area contributed by atoms with Crippen molar-refractivity contribution in [1.29, 1.82) is 0 Å². The minimum Gasteiger partial charge on any atom is -0.493 e. The summed E-state index contributed by atoms with van der Waals surface area (Å²) in [6.07, 6.45) is 0.907. The summed E-state index contributed by atoms with van der Waals surface area (Å²) in [5.74, 6) is 0.244. The van der Waals surface area contributed by atoms with E-state index >= 15 is 0 Å². The number of hydrogen-bond acceptors (Lipinski definition) is 2. The zero-order valence-corrected chi connectivity index (χ0v) is 12.0. The average molecular weight is 294 g/mol. The van der Waals surface area contributed by atoms with Crippen molar-refractivity contribution in [2.75, 3.05) is 6.61 Å². The Morgan fingerprint density at radius 1 is 1.15 bits per heavy atom. The number of nitrogens with two attached hydrogens (primary N) is 1. The van der Waals surface area contributed by atoms with Crippen LogP contribution in [0.1, 0.15) is 30.5 Å². The molecule has 0 aliphatic carbocycles. The molecule has 0 aliphatic rings. The first-order valence-electron chi connectivity index (χ1n) is 6.56. The molecule has 0 aliphatic heterocycles. The molecule has 2 rings (SSSR count). The van der Waals surface area contributed by atoms with Gasteiger partial charge in [-0.3, -0.25) is 0 Å². The molecule has 2 N–H and O–H groups in total. The molecule has 2 aromatic carbocycles. The van der Waals surface area contributed by atoms with Gasteiger partial charge in [-0.1, -0.05) is 48.9 Å². The Morgan fingerprint density at radius 2 is 1.85 bits per heavy atom. The third kappa shape index (κ3) is 3.11. The van der Waals surface area contributed by atoms with Crippen molar-refractivity contribution in [2.24, 2.45) is 5.73 Å². The van der Waals surface area contributed by atoms with Crippen LogP contribution in [0, 0.1) is 5.82 Å². The number of rotatable bonds is 5. The van der Waals surface area contributed by atoms with Crippen molar-refractivity contribution in [3.05, 3.63) is 64.4 Å². The summed E-state index contributed by atoms with van der Waals surface area (Å²) in [5.41, 5.74) is 7.58. The van der Waals surface area contributed by atoms with E-state index in [4.69, 9.17) is 22.1 Å². The maximum Gasteiger partial charge on any atom is 0.142 e. The van der Waals surface area contributed by atoms with E-state index in [0.717, 1.165) is 12.0 Å². The van der Waals surface area contributed by atoms with Crippen LogP contribution >= 0.6 is 11.6 Å². The zero-order chi connectivity index (χ0) is 14.5. The summed E-state index contributed by atoms with van der Waals surface area (Å²) in [5, 5.41) is 0.0605. The molecule has 0 aromatic heterocycles. The molecule has 0 saturated heterocycles. The Morgan fingerprint density at radius 3 is 2.60 bits per heavy atom. The number of benzene rings is 2. The van der Waals surface area contributed by atoms with Crippen molar-refractivity contribution < 1.29 is 9.13 Å². The highest BCUT2D eigenvalue weighted by molar-refractivity contribution is 6.31. The molecule has 0 saturated carbocycles. The van der Waals surface area contributed by atoms with E-state index in [0.29, 0.717) is 17.9 Å². The molecule has 106 valence electrons. The molecule has 20 heavy (non-hydrogen) atoms. The molecule has 4 heteroatoms. The Balaban J connectivity index is 2.38. The highest BCUT2D eigenvalue weighted by atomic mass is 35.5. The monoisotopic (exact) mass is 293 g/mol. The lowest BCUT2D eigenvalue weighted by Crippen LogP contribution is -2.14. The fourth-order valence-electron chi connectivity index (χ4n) is 2.01. The number of halogens is 2. The molecule has 0 bridgehead atoms. The first-order chi connectivity index (χ1) is 9.65. The first kappa shape index (κ1) is 14.8. The maximum absolute atomic E-state index is 13.5. The van der Waals surface area contributed by atoms with Crippen LogP contribution < -0.4 is 10.5 Å². The highest BCUT2D eigenvalue weighted by Crippen LogP contribution is 2.33. The number of hydrogen-bond donors (Lipinski definition) is 1. The molecule has 1 atom stereocenters. The second-order valence-electron chi connectivity index (χ2n) is 4.51.